The fourth-order valence-corrected chi connectivity index (χ4v) is 4.04. The molecule has 2 aliphatic carbocycles. The number of hydrogen-bond acceptors (Lipinski definition) is 6. The van der Waals surface area contributed by atoms with E-state index >= 15 is 0 Å². The summed E-state index contributed by atoms with van der Waals surface area (Å²) in [5.41, 5.74) is 0. The van der Waals surface area contributed by atoms with Crippen molar-refractivity contribution in [3.05, 3.63) is 0 Å². The number of halogens is 2. The number of carbonyl (C=O) groups is 3. The van der Waals surface area contributed by atoms with E-state index in [2.05, 4.69) is 0 Å². The van der Waals surface area contributed by atoms with E-state index in [1.54, 1.807) is 0 Å². The third-order valence-corrected chi connectivity index (χ3v) is 4.93. The van der Waals surface area contributed by atoms with Gasteiger partial charge < -0.3 is 14.2 Å². The highest BCUT2D eigenvalue weighted by atomic mass is 35.5. The molecule has 19 heavy (non-hydrogen) atoms. The molecule has 3 atom stereocenters. The van der Waals surface area contributed by atoms with Gasteiger partial charge in [-0.05, 0) is 0 Å². The summed E-state index contributed by atoms with van der Waals surface area (Å²) >= 11 is 12.5. The molecule has 0 aromatic rings. The van der Waals surface area contributed by atoms with Crippen molar-refractivity contribution in [3.8, 4) is 0 Å². The number of alkyl halides is 2. The fourth-order valence-electron chi connectivity index (χ4n) is 2.94. The SMILES string of the molecule is COC1(OC)C2(Cl)C[C@H](OC(C)=O)C1(Cl)C(=O)C2=O. The van der Waals surface area contributed by atoms with Gasteiger partial charge in [-0.3, -0.25) is 14.4 Å². The zero-order chi connectivity index (χ0) is 14.6. The molecule has 0 aromatic heterocycles. The van der Waals surface area contributed by atoms with Crippen LogP contribution in [-0.4, -0.2) is 53.4 Å². The topological polar surface area (TPSA) is 78.9 Å². The van der Waals surface area contributed by atoms with Crippen molar-refractivity contribution in [2.24, 2.45) is 0 Å². The van der Waals surface area contributed by atoms with Crippen molar-refractivity contribution in [2.45, 2.75) is 35.0 Å². The van der Waals surface area contributed by atoms with Gasteiger partial charge >= 0.3 is 5.97 Å². The Bertz CT molecular complexity index is 474. The van der Waals surface area contributed by atoms with Crippen LogP contribution in [-0.2, 0) is 28.6 Å². The maximum Gasteiger partial charge on any atom is 0.302 e. The van der Waals surface area contributed by atoms with Crippen LogP contribution in [0.2, 0.25) is 0 Å². The molecule has 0 N–H and O–H groups in total. The van der Waals surface area contributed by atoms with E-state index in [1.165, 1.54) is 21.1 Å². The number of methoxy groups -OCH3 is 2. The summed E-state index contributed by atoms with van der Waals surface area (Å²) < 4.78 is 15.4. The largest absolute Gasteiger partial charge is 0.460 e. The van der Waals surface area contributed by atoms with E-state index in [9.17, 15) is 14.4 Å². The number of esters is 1. The van der Waals surface area contributed by atoms with Crippen LogP contribution in [0.4, 0.5) is 0 Å². The van der Waals surface area contributed by atoms with Gasteiger partial charge in [0.25, 0.3) is 0 Å². The third kappa shape index (κ3) is 1.38. The van der Waals surface area contributed by atoms with Gasteiger partial charge in [0.1, 0.15) is 6.10 Å². The Kier molecular flexibility index (Phi) is 3.21. The summed E-state index contributed by atoms with van der Waals surface area (Å²) in [7, 11) is 2.44. The summed E-state index contributed by atoms with van der Waals surface area (Å²) in [4.78, 5) is 31.4. The molecule has 6 nitrogen and oxygen atoms in total. The van der Waals surface area contributed by atoms with E-state index in [0.717, 1.165) is 0 Å². The summed E-state index contributed by atoms with van der Waals surface area (Å²) in [5.74, 6) is -4.36. The standard InChI is InChI=1S/C11H12Cl2O6/c1-5(14)19-6-4-9(12)7(15)8(16)10(6,13)11(9,17-2)18-3/h6H,4H2,1-3H3/t6-,9?,10?/m0/s1. The Morgan fingerprint density at radius 2 is 1.74 bits per heavy atom. The minimum absolute atomic E-state index is 0.149. The molecule has 2 saturated carbocycles. The molecule has 0 radical (unpaired) electrons. The van der Waals surface area contributed by atoms with E-state index in [4.69, 9.17) is 37.4 Å². The number of fused-ring (bicyclic) bond motifs is 2. The Morgan fingerprint density at radius 3 is 2.11 bits per heavy atom. The lowest BCUT2D eigenvalue weighted by Gasteiger charge is -2.37. The van der Waals surface area contributed by atoms with Gasteiger partial charge in [-0.15, -0.1) is 11.6 Å². The lowest BCUT2D eigenvalue weighted by atomic mass is 9.94. The smallest absolute Gasteiger partial charge is 0.302 e. The molecule has 2 unspecified atom stereocenters. The molecule has 2 bridgehead atoms. The van der Waals surface area contributed by atoms with Crippen molar-refractivity contribution >= 4 is 40.7 Å². The summed E-state index contributed by atoms with van der Waals surface area (Å²) in [6.07, 6.45) is -1.24. The van der Waals surface area contributed by atoms with Crippen LogP contribution in [0.3, 0.4) is 0 Å². The molecular weight excluding hydrogens is 299 g/mol. The maximum absolute atomic E-state index is 12.1. The third-order valence-electron chi connectivity index (χ3n) is 3.69. The van der Waals surface area contributed by atoms with Crippen LogP contribution in [0.15, 0.2) is 0 Å². The Morgan fingerprint density at radius 1 is 1.21 bits per heavy atom. The average Bonchev–Trinajstić information content (AvgIpc) is 2.60. The zero-order valence-electron chi connectivity index (χ0n) is 10.5. The lowest BCUT2D eigenvalue weighted by Crippen LogP contribution is -2.58. The minimum atomic E-state index is -1.97. The number of hydrogen-bond donors (Lipinski definition) is 0. The second kappa shape index (κ2) is 4.15. The molecule has 8 heteroatoms. The predicted octanol–water partition coefficient (Wildman–Crippen LogP) is 0.418. The van der Waals surface area contributed by atoms with E-state index in [1.807, 2.05) is 0 Å². The first-order valence-corrected chi connectivity index (χ1v) is 6.21. The summed E-state index contributed by atoms with van der Waals surface area (Å²) in [6, 6.07) is 0. The van der Waals surface area contributed by atoms with Crippen LogP contribution >= 0.6 is 23.2 Å². The molecule has 2 fully saturated rings. The van der Waals surface area contributed by atoms with Crippen LogP contribution in [0, 0.1) is 0 Å². The van der Waals surface area contributed by atoms with E-state index in [-0.39, 0.29) is 6.42 Å². The molecule has 0 saturated heterocycles. The first kappa shape index (κ1) is 14.7. The summed E-state index contributed by atoms with van der Waals surface area (Å²) in [6.45, 7) is 1.17. The van der Waals surface area contributed by atoms with E-state index < -0.39 is 39.2 Å². The second-order valence-electron chi connectivity index (χ2n) is 4.50. The van der Waals surface area contributed by atoms with Gasteiger partial charge in [0.15, 0.2) is 4.87 Å². The van der Waals surface area contributed by atoms with Crippen molar-refractivity contribution in [1.29, 1.82) is 0 Å². The number of Topliss-reactive ketones (excluding diaryl/α,β-unsaturated/α-hetero) is 2. The van der Waals surface area contributed by atoms with Gasteiger partial charge in [-0.1, -0.05) is 11.6 Å². The van der Waals surface area contributed by atoms with Crippen LogP contribution in [0.1, 0.15) is 13.3 Å². The molecule has 0 spiro atoms. The second-order valence-corrected chi connectivity index (χ2v) is 5.74. The number of ether oxygens (including phenoxy) is 3. The number of ketones is 2. The quantitative estimate of drug-likeness (QED) is 0.325. The Hall–Kier alpha value is -0.690. The highest BCUT2D eigenvalue weighted by molar-refractivity contribution is 6.66. The first-order valence-electron chi connectivity index (χ1n) is 5.46. The predicted molar refractivity (Wildman–Crippen MR) is 64.1 cm³/mol. The van der Waals surface area contributed by atoms with Crippen molar-refractivity contribution < 1.29 is 28.6 Å². The molecule has 0 heterocycles. The number of rotatable bonds is 3. The molecule has 0 amide bonds. The molecule has 0 aliphatic heterocycles. The van der Waals surface area contributed by atoms with Gasteiger partial charge in [0.05, 0.1) is 0 Å². The van der Waals surface area contributed by atoms with Crippen LogP contribution in [0.25, 0.3) is 0 Å². The molecule has 2 aliphatic rings. The average molecular weight is 311 g/mol. The molecule has 106 valence electrons. The first-order chi connectivity index (χ1) is 8.71. The molecule has 2 rings (SSSR count). The normalized spacial score (nSPS) is 39.7. The van der Waals surface area contributed by atoms with Crippen LogP contribution in [0.5, 0.6) is 0 Å². The van der Waals surface area contributed by atoms with Crippen molar-refractivity contribution in [2.75, 3.05) is 14.2 Å². The van der Waals surface area contributed by atoms with Crippen LogP contribution < -0.4 is 0 Å². The fraction of sp³-hybridized carbons (Fsp3) is 0.727. The van der Waals surface area contributed by atoms with Gasteiger partial charge in [-0.25, -0.2) is 0 Å². The van der Waals surface area contributed by atoms with Crippen molar-refractivity contribution in [1.82, 2.24) is 0 Å². The minimum Gasteiger partial charge on any atom is -0.460 e. The monoisotopic (exact) mass is 310 g/mol. The lowest BCUT2D eigenvalue weighted by molar-refractivity contribution is -0.223. The summed E-state index contributed by atoms with van der Waals surface area (Å²) in [5, 5.41) is 0. The maximum atomic E-state index is 12.1. The molecule has 0 aromatic carbocycles. The highest BCUT2D eigenvalue weighted by Crippen LogP contribution is 2.63. The highest BCUT2D eigenvalue weighted by Gasteiger charge is 2.87. The van der Waals surface area contributed by atoms with Gasteiger partial charge in [0, 0.05) is 27.6 Å². The van der Waals surface area contributed by atoms with E-state index in [0.29, 0.717) is 0 Å². The molecular formula is C11H12Cl2O6. The van der Waals surface area contributed by atoms with Gasteiger partial charge in [-0.2, -0.15) is 0 Å². The zero-order valence-corrected chi connectivity index (χ0v) is 12.0. The Labute approximate surface area is 119 Å². The number of carbonyl (C=O) groups excluding carboxylic acids is 3. The van der Waals surface area contributed by atoms with Crippen molar-refractivity contribution in [3.63, 3.8) is 0 Å². The van der Waals surface area contributed by atoms with Gasteiger partial charge in [0.2, 0.25) is 22.2 Å². The Balaban J connectivity index is 2.61.